The molecule has 7 heteroatoms. The molecule has 0 atom stereocenters. The molecule has 1 amide bonds. The summed E-state index contributed by atoms with van der Waals surface area (Å²) in [6.07, 6.45) is 0. The summed E-state index contributed by atoms with van der Waals surface area (Å²) in [7, 11) is -3.56. The molecule has 0 saturated carbocycles. The molecule has 0 spiro atoms. The van der Waals surface area contributed by atoms with Crippen molar-refractivity contribution in [2.75, 3.05) is 32.8 Å². The van der Waals surface area contributed by atoms with Crippen molar-refractivity contribution in [3.63, 3.8) is 0 Å². The van der Waals surface area contributed by atoms with Crippen LogP contribution in [0.2, 0.25) is 0 Å². The van der Waals surface area contributed by atoms with Crippen molar-refractivity contribution in [2.24, 2.45) is 0 Å². The van der Waals surface area contributed by atoms with Crippen LogP contribution in [0.3, 0.4) is 0 Å². The van der Waals surface area contributed by atoms with E-state index < -0.39 is 10.0 Å². The Morgan fingerprint density at radius 2 is 1.87 bits per heavy atom. The number of hydrogen-bond acceptors (Lipinski definition) is 4. The molecule has 0 bridgehead atoms. The second kappa shape index (κ2) is 6.98. The van der Waals surface area contributed by atoms with Crippen LogP contribution in [-0.4, -0.2) is 52.1 Å². The van der Waals surface area contributed by atoms with Gasteiger partial charge < -0.3 is 9.64 Å². The first kappa shape index (κ1) is 17.9. The summed E-state index contributed by atoms with van der Waals surface area (Å²) in [5, 5.41) is 0. The van der Waals surface area contributed by atoms with Gasteiger partial charge >= 0.3 is 0 Å². The van der Waals surface area contributed by atoms with E-state index in [9.17, 15) is 13.2 Å². The second-order valence-electron chi connectivity index (χ2n) is 6.61. The van der Waals surface area contributed by atoms with Crippen LogP contribution in [0, 0.1) is 0 Å². The van der Waals surface area contributed by atoms with Crippen molar-refractivity contribution in [3.8, 4) is 0 Å². The van der Waals surface area contributed by atoms with E-state index in [0.29, 0.717) is 19.7 Å². The Morgan fingerprint density at radius 1 is 1.22 bits per heavy atom. The molecule has 0 unspecified atom stereocenters. The van der Waals surface area contributed by atoms with E-state index in [4.69, 9.17) is 4.74 Å². The van der Waals surface area contributed by atoms with E-state index >= 15 is 0 Å². The fourth-order valence-electron chi connectivity index (χ4n) is 2.32. The highest BCUT2D eigenvalue weighted by molar-refractivity contribution is 7.89. The van der Waals surface area contributed by atoms with Gasteiger partial charge in [-0.2, -0.15) is 0 Å². The summed E-state index contributed by atoms with van der Waals surface area (Å²) in [6.45, 7) is 7.83. The van der Waals surface area contributed by atoms with Crippen LogP contribution < -0.4 is 4.72 Å². The van der Waals surface area contributed by atoms with Crippen LogP contribution in [0.25, 0.3) is 0 Å². The topological polar surface area (TPSA) is 75.7 Å². The predicted octanol–water partition coefficient (Wildman–Crippen LogP) is 1.12. The Hall–Kier alpha value is -1.44. The molecule has 1 aromatic carbocycles. The largest absolute Gasteiger partial charge is 0.370 e. The van der Waals surface area contributed by atoms with E-state index in [0.717, 1.165) is 5.56 Å². The Labute approximate surface area is 137 Å². The lowest BCUT2D eigenvalue weighted by Gasteiger charge is -2.26. The Kier molecular flexibility index (Phi) is 5.44. The maximum absolute atomic E-state index is 12.3. The Morgan fingerprint density at radius 3 is 2.43 bits per heavy atom. The minimum absolute atomic E-state index is 0.0214. The van der Waals surface area contributed by atoms with Crippen molar-refractivity contribution in [3.05, 3.63) is 29.8 Å². The number of benzene rings is 1. The summed E-state index contributed by atoms with van der Waals surface area (Å²) in [5.41, 5.74) is 1.06. The molecule has 0 aromatic heterocycles. The number of rotatable bonds is 5. The number of hydrogen-bond donors (Lipinski definition) is 1. The molecule has 1 fully saturated rings. The first-order valence-corrected chi connectivity index (χ1v) is 9.14. The highest BCUT2D eigenvalue weighted by atomic mass is 32.2. The summed E-state index contributed by atoms with van der Waals surface area (Å²) in [6, 6.07) is 6.89. The van der Waals surface area contributed by atoms with Gasteiger partial charge in [0.1, 0.15) is 6.61 Å². The van der Waals surface area contributed by atoms with Gasteiger partial charge in [0.2, 0.25) is 15.9 Å². The maximum Gasteiger partial charge on any atom is 0.248 e. The van der Waals surface area contributed by atoms with Gasteiger partial charge in [-0.1, -0.05) is 32.9 Å². The third kappa shape index (κ3) is 4.76. The van der Waals surface area contributed by atoms with Crippen LogP contribution in [0.15, 0.2) is 29.2 Å². The lowest BCUT2D eigenvalue weighted by molar-refractivity contribution is -0.142. The standard InChI is InChI=1S/C16H24N2O4S/c1-16(2,3)13-4-6-14(7-5-13)23(20,21)17-8-9-18-10-11-22-12-15(18)19/h4-7,17H,8-12H2,1-3H3. The molecule has 0 radical (unpaired) electrons. The lowest BCUT2D eigenvalue weighted by atomic mass is 9.87. The second-order valence-corrected chi connectivity index (χ2v) is 8.37. The van der Waals surface area contributed by atoms with Crippen molar-refractivity contribution in [1.29, 1.82) is 0 Å². The maximum atomic E-state index is 12.3. The van der Waals surface area contributed by atoms with Crippen molar-refractivity contribution in [2.45, 2.75) is 31.1 Å². The molecule has 1 aliphatic rings. The minimum Gasteiger partial charge on any atom is -0.370 e. The van der Waals surface area contributed by atoms with Crippen LogP contribution in [0.4, 0.5) is 0 Å². The van der Waals surface area contributed by atoms with Crippen LogP contribution in [-0.2, 0) is 25.0 Å². The van der Waals surface area contributed by atoms with Gasteiger partial charge in [-0.15, -0.1) is 0 Å². The van der Waals surface area contributed by atoms with Gasteiger partial charge in [-0.3, -0.25) is 4.79 Å². The van der Waals surface area contributed by atoms with E-state index in [1.807, 2.05) is 12.1 Å². The molecule has 23 heavy (non-hydrogen) atoms. The van der Waals surface area contributed by atoms with Crippen LogP contribution in [0.1, 0.15) is 26.3 Å². The number of amides is 1. The molecule has 0 aliphatic carbocycles. The zero-order valence-electron chi connectivity index (χ0n) is 13.8. The highest BCUT2D eigenvalue weighted by Crippen LogP contribution is 2.23. The molecule has 1 heterocycles. The number of carbonyl (C=O) groups is 1. The normalized spacial score (nSPS) is 16.7. The molecular weight excluding hydrogens is 316 g/mol. The Bertz CT molecular complexity index is 648. The summed E-state index contributed by atoms with van der Waals surface area (Å²) >= 11 is 0. The molecule has 1 aromatic rings. The van der Waals surface area contributed by atoms with Crippen molar-refractivity contribution < 1.29 is 17.9 Å². The highest BCUT2D eigenvalue weighted by Gasteiger charge is 2.20. The first-order valence-electron chi connectivity index (χ1n) is 7.66. The van der Waals surface area contributed by atoms with Gasteiger partial charge in [0.15, 0.2) is 0 Å². The summed E-state index contributed by atoms with van der Waals surface area (Å²) < 4.78 is 32.1. The van der Waals surface area contributed by atoms with Crippen molar-refractivity contribution in [1.82, 2.24) is 9.62 Å². The number of ether oxygens (including phenoxy) is 1. The number of nitrogens with zero attached hydrogens (tertiary/aromatic N) is 1. The average molecular weight is 340 g/mol. The van der Waals surface area contributed by atoms with E-state index in [-0.39, 0.29) is 29.4 Å². The average Bonchev–Trinajstić information content (AvgIpc) is 2.48. The fraction of sp³-hybridized carbons (Fsp3) is 0.562. The fourth-order valence-corrected chi connectivity index (χ4v) is 3.34. The molecule has 1 N–H and O–H groups in total. The molecule has 6 nitrogen and oxygen atoms in total. The summed E-state index contributed by atoms with van der Waals surface area (Å²) in [4.78, 5) is 13.4. The first-order chi connectivity index (χ1) is 10.7. The van der Waals surface area contributed by atoms with E-state index in [2.05, 4.69) is 25.5 Å². The van der Waals surface area contributed by atoms with Gasteiger partial charge in [0.05, 0.1) is 11.5 Å². The zero-order valence-corrected chi connectivity index (χ0v) is 14.6. The smallest absolute Gasteiger partial charge is 0.248 e. The van der Waals surface area contributed by atoms with E-state index in [1.54, 1.807) is 17.0 Å². The zero-order chi connectivity index (χ0) is 17.1. The molecule has 1 saturated heterocycles. The lowest BCUT2D eigenvalue weighted by Crippen LogP contribution is -2.45. The molecule has 1 aliphatic heterocycles. The molecule has 2 rings (SSSR count). The summed E-state index contributed by atoms with van der Waals surface area (Å²) in [5.74, 6) is -0.107. The minimum atomic E-state index is -3.56. The predicted molar refractivity (Wildman–Crippen MR) is 87.7 cm³/mol. The third-order valence-corrected chi connectivity index (χ3v) is 5.27. The van der Waals surface area contributed by atoms with E-state index in [1.165, 1.54) is 0 Å². The van der Waals surface area contributed by atoms with Crippen LogP contribution in [0.5, 0.6) is 0 Å². The van der Waals surface area contributed by atoms with Gasteiger partial charge in [0.25, 0.3) is 0 Å². The van der Waals surface area contributed by atoms with Gasteiger partial charge in [-0.25, -0.2) is 13.1 Å². The number of carbonyl (C=O) groups excluding carboxylic acids is 1. The molecular formula is C16H24N2O4S. The number of morpholine rings is 1. The van der Waals surface area contributed by atoms with Crippen molar-refractivity contribution >= 4 is 15.9 Å². The Balaban J connectivity index is 1.95. The van der Waals surface area contributed by atoms with Crippen LogP contribution >= 0.6 is 0 Å². The monoisotopic (exact) mass is 340 g/mol. The number of nitrogens with one attached hydrogen (secondary N) is 1. The third-order valence-electron chi connectivity index (χ3n) is 3.79. The number of sulfonamides is 1. The van der Waals surface area contributed by atoms with Gasteiger partial charge in [0, 0.05) is 19.6 Å². The quantitative estimate of drug-likeness (QED) is 0.871. The molecule has 128 valence electrons. The van der Waals surface area contributed by atoms with Gasteiger partial charge in [-0.05, 0) is 23.1 Å². The SMILES string of the molecule is CC(C)(C)c1ccc(S(=O)(=O)NCCN2CCOCC2=O)cc1.